The summed E-state index contributed by atoms with van der Waals surface area (Å²) in [4.78, 5) is 22.8. The van der Waals surface area contributed by atoms with Crippen LogP contribution in [0.4, 0.5) is 9.93 Å². The fourth-order valence-corrected chi connectivity index (χ4v) is 3.28. The molecule has 3 amide bonds. The molecule has 0 saturated carbocycles. The zero-order valence-corrected chi connectivity index (χ0v) is 13.6. The van der Waals surface area contributed by atoms with Gasteiger partial charge in [0.15, 0.2) is 4.34 Å². The highest BCUT2D eigenvalue weighted by Crippen LogP contribution is 2.29. The van der Waals surface area contributed by atoms with Crippen molar-refractivity contribution in [2.24, 2.45) is 0 Å². The number of rotatable bonds is 6. The number of nitrogens with zero attached hydrogens (tertiary/aromatic N) is 2. The Labute approximate surface area is 135 Å². The molecular formula is C12H15N5O3S2. The molecule has 10 heteroatoms. The van der Waals surface area contributed by atoms with Crippen LogP contribution in [-0.4, -0.2) is 34.4 Å². The average molecular weight is 341 g/mol. The second kappa shape index (κ2) is 7.80. The summed E-state index contributed by atoms with van der Waals surface area (Å²) in [5, 5.41) is 15.8. The van der Waals surface area contributed by atoms with Gasteiger partial charge in [0.1, 0.15) is 5.76 Å². The van der Waals surface area contributed by atoms with E-state index in [2.05, 4.69) is 26.1 Å². The Hall–Kier alpha value is -2.07. The molecule has 0 unspecified atom stereocenters. The van der Waals surface area contributed by atoms with Gasteiger partial charge in [0.25, 0.3) is 0 Å². The lowest BCUT2D eigenvalue weighted by Crippen LogP contribution is -2.41. The number of furan rings is 1. The summed E-state index contributed by atoms with van der Waals surface area (Å²) in [7, 11) is 1.45. The first-order valence-corrected chi connectivity index (χ1v) is 8.07. The van der Waals surface area contributed by atoms with Gasteiger partial charge in [-0.3, -0.25) is 10.1 Å². The van der Waals surface area contributed by atoms with Crippen molar-refractivity contribution in [1.29, 1.82) is 0 Å². The van der Waals surface area contributed by atoms with Crippen LogP contribution in [0.15, 0.2) is 27.2 Å². The molecule has 2 heterocycles. The van der Waals surface area contributed by atoms with Crippen LogP contribution in [0.3, 0.4) is 0 Å². The highest BCUT2D eigenvalue weighted by atomic mass is 32.2. The molecule has 3 N–H and O–H groups in total. The van der Waals surface area contributed by atoms with Crippen molar-refractivity contribution in [3.05, 3.63) is 24.2 Å². The van der Waals surface area contributed by atoms with Gasteiger partial charge in [-0.1, -0.05) is 23.1 Å². The predicted molar refractivity (Wildman–Crippen MR) is 83.9 cm³/mol. The number of thioether (sulfide) groups is 1. The second-order valence-corrected chi connectivity index (χ2v) is 6.70. The van der Waals surface area contributed by atoms with Gasteiger partial charge in [0, 0.05) is 7.05 Å². The third kappa shape index (κ3) is 4.74. The highest BCUT2D eigenvalue weighted by molar-refractivity contribution is 8.02. The Morgan fingerprint density at radius 2 is 2.27 bits per heavy atom. The molecule has 2 aromatic heterocycles. The molecule has 2 rings (SSSR count). The monoisotopic (exact) mass is 341 g/mol. The largest absolute Gasteiger partial charge is 0.467 e. The molecule has 22 heavy (non-hydrogen) atoms. The van der Waals surface area contributed by atoms with Gasteiger partial charge in [-0.2, -0.15) is 0 Å². The molecule has 0 aliphatic heterocycles. The molecule has 0 aromatic carbocycles. The molecular weight excluding hydrogens is 326 g/mol. The molecule has 0 radical (unpaired) electrons. The fraction of sp³-hybridized carbons (Fsp3) is 0.333. The van der Waals surface area contributed by atoms with E-state index in [1.165, 1.54) is 30.1 Å². The number of carbonyl (C=O) groups is 2. The van der Waals surface area contributed by atoms with Crippen LogP contribution in [0.2, 0.25) is 0 Å². The number of nitrogens with one attached hydrogen (secondary N) is 3. The Balaban J connectivity index is 1.83. The van der Waals surface area contributed by atoms with Crippen molar-refractivity contribution < 1.29 is 14.0 Å². The number of urea groups is 1. The fourth-order valence-electron chi connectivity index (χ4n) is 1.39. The maximum absolute atomic E-state index is 11.7. The summed E-state index contributed by atoms with van der Waals surface area (Å²) in [6.45, 7) is 2.21. The van der Waals surface area contributed by atoms with E-state index in [0.717, 1.165) is 5.76 Å². The third-order valence-electron chi connectivity index (χ3n) is 2.51. The van der Waals surface area contributed by atoms with Crippen molar-refractivity contribution in [2.45, 2.75) is 23.1 Å². The van der Waals surface area contributed by atoms with Crippen molar-refractivity contribution in [3.8, 4) is 0 Å². The lowest BCUT2D eigenvalue weighted by molar-refractivity contribution is -0.119. The molecule has 0 aliphatic carbocycles. The van der Waals surface area contributed by atoms with E-state index < -0.39 is 11.3 Å². The Morgan fingerprint density at radius 1 is 1.45 bits per heavy atom. The Morgan fingerprint density at radius 3 is 2.95 bits per heavy atom. The maximum atomic E-state index is 11.7. The second-order valence-electron chi connectivity index (χ2n) is 4.13. The lowest BCUT2D eigenvalue weighted by atomic mass is 10.4. The number of hydrogen-bond donors (Lipinski definition) is 3. The summed E-state index contributed by atoms with van der Waals surface area (Å²) in [5.74, 6) is 0.410. The SMILES string of the molecule is CNC(=O)NC(=O)[C@H](C)Sc1nnc(NCc2ccco2)s1. The van der Waals surface area contributed by atoms with Gasteiger partial charge < -0.3 is 15.1 Å². The third-order valence-corrected chi connectivity index (χ3v) is 4.58. The van der Waals surface area contributed by atoms with E-state index in [1.807, 2.05) is 12.1 Å². The van der Waals surface area contributed by atoms with E-state index in [0.29, 0.717) is 16.0 Å². The van der Waals surface area contributed by atoms with E-state index in [4.69, 9.17) is 4.42 Å². The van der Waals surface area contributed by atoms with Gasteiger partial charge in [0.2, 0.25) is 11.0 Å². The molecule has 0 saturated heterocycles. The number of carbonyl (C=O) groups excluding carboxylic acids is 2. The smallest absolute Gasteiger partial charge is 0.321 e. The first kappa shape index (κ1) is 16.3. The van der Waals surface area contributed by atoms with Gasteiger partial charge in [0.05, 0.1) is 18.1 Å². The van der Waals surface area contributed by atoms with Crippen LogP contribution in [0.25, 0.3) is 0 Å². The molecule has 0 aliphatic rings. The molecule has 0 fully saturated rings. The van der Waals surface area contributed by atoms with Crippen LogP contribution in [0.5, 0.6) is 0 Å². The maximum Gasteiger partial charge on any atom is 0.321 e. The van der Waals surface area contributed by atoms with E-state index in [1.54, 1.807) is 13.2 Å². The van der Waals surface area contributed by atoms with Crippen LogP contribution >= 0.6 is 23.1 Å². The first-order chi connectivity index (χ1) is 10.6. The van der Waals surface area contributed by atoms with Gasteiger partial charge in [-0.05, 0) is 19.1 Å². The molecule has 0 spiro atoms. The number of anilines is 1. The number of amides is 3. The molecule has 2 aromatic rings. The van der Waals surface area contributed by atoms with Crippen LogP contribution in [0, 0.1) is 0 Å². The van der Waals surface area contributed by atoms with Crippen molar-refractivity contribution in [2.75, 3.05) is 12.4 Å². The van der Waals surface area contributed by atoms with Crippen molar-refractivity contribution >= 4 is 40.2 Å². The Kier molecular flexibility index (Phi) is 5.78. The molecule has 1 atom stereocenters. The lowest BCUT2D eigenvalue weighted by Gasteiger charge is -2.08. The average Bonchev–Trinajstić information content (AvgIpc) is 3.16. The van der Waals surface area contributed by atoms with Crippen molar-refractivity contribution in [3.63, 3.8) is 0 Å². The van der Waals surface area contributed by atoms with E-state index in [9.17, 15) is 9.59 Å². The topological polar surface area (TPSA) is 109 Å². The Bertz CT molecular complexity index is 629. The summed E-state index contributed by atoms with van der Waals surface area (Å²) in [6.07, 6.45) is 1.60. The molecule has 8 nitrogen and oxygen atoms in total. The minimum atomic E-state index is -0.532. The molecule has 0 bridgehead atoms. The summed E-state index contributed by atoms with van der Waals surface area (Å²) < 4.78 is 5.84. The van der Waals surface area contributed by atoms with Gasteiger partial charge >= 0.3 is 6.03 Å². The highest BCUT2D eigenvalue weighted by Gasteiger charge is 2.18. The van der Waals surface area contributed by atoms with Crippen molar-refractivity contribution in [1.82, 2.24) is 20.8 Å². The first-order valence-electron chi connectivity index (χ1n) is 6.37. The van der Waals surface area contributed by atoms with E-state index in [-0.39, 0.29) is 5.91 Å². The zero-order valence-electron chi connectivity index (χ0n) is 12.0. The van der Waals surface area contributed by atoms with Gasteiger partial charge in [-0.25, -0.2) is 4.79 Å². The van der Waals surface area contributed by atoms with E-state index >= 15 is 0 Å². The predicted octanol–water partition coefficient (Wildman–Crippen LogP) is 1.68. The minimum Gasteiger partial charge on any atom is -0.467 e. The normalized spacial score (nSPS) is 11.7. The minimum absolute atomic E-state index is 0.385. The zero-order chi connectivity index (χ0) is 15.9. The quantitative estimate of drug-likeness (QED) is 0.686. The summed E-state index contributed by atoms with van der Waals surface area (Å²) >= 11 is 2.57. The van der Waals surface area contributed by atoms with Crippen LogP contribution in [-0.2, 0) is 11.3 Å². The molecule has 118 valence electrons. The van der Waals surface area contributed by atoms with Crippen LogP contribution in [0.1, 0.15) is 12.7 Å². The van der Waals surface area contributed by atoms with Gasteiger partial charge in [-0.15, -0.1) is 10.2 Å². The number of hydrogen-bond acceptors (Lipinski definition) is 8. The van der Waals surface area contributed by atoms with Crippen LogP contribution < -0.4 is 16.0 Å². The summed E-state index contributed by atoms with van der Waals surface area (Å²) in [6, 6.07) is 3.13. The summed E-state index contributed by atoms with van der Waals surface area (Å²) in [5.41, 5.74) is 0. The number of imide groups is 1. The number of aromatic nitrogens is 2. The standard InChI is InChI=1S/C12H15N5O3S2/c1-7(9(18)15-10(19)13-2)21-12-17-16-11(22-12)14-6-8-4-3-5-20-8/h3-5,7H,6H2,1-2H3,(H,14,16)(H2,13,15,18,19)/t7-/m0/s1.